The maximum Gasteiger partial charge on any atom is 0.416 e. The molecule has 0 unspecified atom stereocenters. The summed E-state index contributed by atoms with van der Waals surface area (Å²) in [5, 5.41) is 13.2. The first kappa shape index (κ1) is 30.1. The zero-order valence-electron chi connectivity index (χ0n) is 24.7. The molecule has 0 bridgehead atoms. The molecule has 6 nitrogen and oxygen atoms in total. The average Bonchev–Trinajstić information content (AvgIpc) is 3.78. The van der Waals surface area contributed by atoms with Gasteiger partial charge in [-0.25, -0.2) is 4.98 Å². The van der Waals surface area contributed by atoms with Crippen LogP contribution in [0.1, 0.15) is 58.5 Å². The normalized spacial score (nSPS) is 16.4. The van der Waals surface area contributed by atoms with Gasteiger partial charge in [-0.1, -0.05) is 60.7 Å². The number of nitrogens with zero attached hydrogens (tertiary/aromatic N) is 2. The highest BCUT2D eigenvalue weighted by atomic mass is 32.1. The van der Waals surface area contributed by atoms with Crippen LogP contribution in [0, 0.1) is 0 Å². The Balaban J connectivity index is 1.11. The Bertz CT molecular complexity index is 1980. The summed E-state index contributed by atoms with van der Waals surface area (Å²) in [6, 6.07) is 23.6. The topological polar surface area (TPSA) is 86.3 Å². The van der Waals surface area contributed by atoms with Crippen LogP contribution >= 0.6 is 11.3 Å². The molecule has 2 N–H and O–H groups in total. The minimum Gasteiger partial charge on any atom is -0.378 e. The van der Waals surface area contributed by atoms with E-state index in [1.54, 1.807) is 35.6 Å². The number of carbonyl (C=O) groups is 1. The van der Waals surface area contributed by atoms with Gasteiger partial charge in [-0.2, -0.15) is 13.2 Å². The van der Waals surface area contributed by atoms with Gasteiger partial charge in [-0.3, -0.25) is 9.59 Å². The predicted molar refractivity (Wildman–Crippen MR) is 170 cm³/mol. The number of aromatic amines is 1. The molecule has 0 radical (unpaired) electrons. The first-order chi connectivity index (χ1) is 22.1. The Kier molecular flexibility index (Phi) is 7.65. The van der Waals surface area contributed by atoms with E-state index >= 15 is 0 Å². The summed E-state index contributed by atoms with van der Waals surface area (Å²) in [4.78, 5) is 37.7. The Morgan fingerprint density at radius 1 is 0.935 bits per heavy atom. The van der Waals surface area contributed by atoms with E-state index in [9.17, 15) is 27.9 Å². The van der Waals surface area contributed by atoms with Gasteiger partial charge in [0.15, 0.2) is 6.10 Å². The molecule has 2 aromatic heterocycles. The van der Waals surface area contributed by atoms with Crippen molar-refractivity contribution in [2.24, 2.45) is 0 Å². The molecule has 10 heteroatoms. The average molecular weight is 642 g/mol. The molecule has 0 saturated heterocycles. The maximum atomic E-state index is 13.5. The van der Waals surface area contributed by atoms with Crippen molar-refractivity contribution in [3.8, 4) is 22.3 Å². The summed E-state index contributed by atoms with van der Waals surface area (Å²) in [6.45, 7) is 0.330. The van der Waals surface area contributed by atoms with Crippen LogP contribution < -0.4 is 5.56 Å². The number of carbonyl (C=O) groups excluding carboxylic acids is 1. The van der Waals surface area contributed by atoms with Gasteiger partial charge in [0.2, 0.25) is 0 Å². The van der Waals surface area contributed by atoms with Crippen molar-refractivity contribution in [1.82, 2.24) is 14.9 Å². The highest BCUT2D eigenvalue weighted by Gasteiger charge is 2.50. The second kappa shape index (κ2) is 11.7. The summed E-state index contributed by atoms with van der Waals surface area (Å²) >= 11 is 1.67. The van der Waals surface area contributed by atoms with Crippen LogP contribution in [0.5, 0.6) is 0 Å². The molecule has 1 aliphatic heterocycles. The second-order valence-electron chi connectivity index (χ2n) is 12.0. The standard InChI is InChI=1S/C36H30F3N3O3S/c37-36(38,39)27-12-5-10-24(18-27)23-9-4-11-25(17-23)31(43)33(45)42-16-6-13-29-28(20-42)32(44)41-34(40-29)35(14-15-35)30-19-26(21-46-30)22-7-2-1-3-8-22/h1-5,7-12,17-19,21,31,43H,6,13-16,20H2,(H,40,41,44)/t31-/m1/s1. The van der Waals surface area contributed by atoms with Crippen molar-refractivity contribution in [2.75, 3.05) is 6.54 Å². The van der Waals surface area contributed by atoms with Gasteiger partial charge in [-0.05, 0) is 83.1 Å². The third-order valence-corrected chi connectivity index (χ3v) is 10.1. The largest absolute Gasteiger partial charge is 0.416 e. The highest BCUT2D eigenvalue weighted by molar-refractivity contribution is 7.10. The number of rotatable bonds is 6. The lowest BCUT2D eigenvalue weighted by Gasteiger charge is -2.24. The van der Waals surface area contributed by atoms with Crippen LogP contribution in [-0.2, 0) is 29.4 Å². The number of nitrogens with one attached hydrogen (secondary N) is 1. The van der Waals surface area contributed by atoms with Crippen LogP contribution in [0.3, 0.4) is 0 Å². The van der Waals surface area contributed by atoms with Crippen LogP contribution in [0.25, 0.3) is 22.3 Å². The molecule has 7 rings (SSSR count). The predicted octanol–water partition coefficient (Wildman–Crippen LogP) is 7.27. The van der Waals surface area contributed by atoms with Gasteiger partial charge in [-0.15, -0.1) is 11.3 Å². The van der Waals surface area contributed by atoms with E-state index in [1.165, 1.54) is 17.0 Å². The highest BCUT2D eigenvalue weighted by Crippen LogP contribution is 2.54. The van der Waals surface area contributed by atoms with Gasteiger partial charge in [0, 0.05) is 11.4 Å². The number of aliphatic hydroxyl groups excluding tert-OH is 1. The molecule has 2 aliphatic rings. The summed E-state index contributed by atoms with van der Waals surface area (Å²) in [7, 11) is 0. The maximum absolute atomic E-state index is 13.5. The van der Waals surface area contributed by atoms with Crippen molar-refractivity contribution in [1.29, 1.82) is 0 Å². The second-order valence-corrected chi connectivity index (χ2v) is 12.9. The number of halogens is 3. The molecule has 46 heavy (non-hydrogen) atoms. The van der Waals surface area contributed by atoms with Crippen LogP contribution in [0.2, 0.25) is 0 Å². The molecule has 3 aromatic carbocycles. The summed E-state index contributed by atoms with van der Waals surface area (Å²) in [5.41, 5.74) is 2.98. The number of thiophene rings is 1. The van der Waals surface area contributed by atoms with Crippen LogP contribution in [0.15, 0.2) is 95.1 Å². The zero-order valence-corrected chi connectivity index (χ0v) is 25.5. The van der Waals surface area contributed by atoms with Crippen molar-refractivity contribution >= 4 is 17.2 Å². The number of aliphatic hydroxyl groups is 1. The number of aryl methyl sites for hydroxylation is 1. The minimum absolute atomic E-state index is 0.00527. The van der Waals surface area contributed by atoms with Crippen LogP contribution in [-0.4, -0.2) is 32.4 Å². The van der Waals surface area contributed by atoms with Crippen molar-refractivity contribution in [2.45, 2.75) is 49.9 Å². The zero-order chi connectivity index (χ0) is 32.1. The number of hydrogen-bond acceptors (Lipinski definition) is 5. The number of fused-ring (bicyclic) bond motifs is 1. The minimum atomic E-state index is -4.49. The number of H-pyrrole nitrogens is 1. The summed E-state index contributed by atoms with van der Waals surface area (Å²) < 4.78 is 39.8. The quantitative estimate of drug-likeness (QED) is 0.204. The van der Waals surface area contributed by atoms with Gasteiger partial charge in [0.05, 0.1) is 28.8 Å². The lowest BCUT2D eigenvalue weighted by molar-refractivity contribution is -0.141. The number of alkyl halides is 3. The molecular weight excluding hydrogens is 611 g/mol. The third-order valence-electron chi connectivity index (χ3n) is 8.94. The summed E-state index contributed by atoms with van der Waals surface area (Å²) in [6.07, 6.45) is -3.18. The molecule has 1 saturated carbocycles. The smallest absolute Gasteiger partial charge is 0.378 e. The van der Waals surface area contributed by atoms with Gasteiger partial charge in [0.1, 0.15) is 5.82 Å². The van der Waals surface area contributed by atoms with E-state index in [0.717, 1.165) is 41.0 Å². The Hall–Kier alpha value is -4.54. The number of hydrogen-bond donors (Lipinski definition) is 2. The van der Waals surface area contributed by atoms with E-state index < -0.39 is 23.8 Å². The fraction of sp³-hybridized carbons (Fsp3) is 0.250. The summed E-state index contributed by atoms with van der Waals surface area (Å²) in [5.74, 6) is 0.0761. The SMILES string of the molecule is O=C([C@H](O)c1cccc(-c2cccc(C(F)(F)F)c2)c1)N1CCCc2nc(C3(c4cc(-c5ccccc5)cs4)CC3)[nH]c(=O)c2C1. The molecule has 5 aromatic rings. The third kappa shape index (κ3) is 5.67. The fourth-order valence-electron chi connectivity index (χ4n) is 6.21. The van der Waals surface area contributed by atoms with E-state index in [4.69, 9.17) is 4.98 Å². The first-order valence-corrected chi connectivity index (χ1v) is 16.0. The molecule has 3 heterocycles. The Morgan fingerprint density at radius 3 is 2.39 bits per heavy atom. The Morgan fingerprint density at radius 2 is 1.65 bits per heavy atom. The molecule has 0 spiro atoms. The molecule has 1 aliphatic carbocycles. The van der Waals surface area contributed by atoms with Crippen molar-refractivity contribution in [3.05, 3.63) is 134 Å². The van der Waals surface area contributed by atoms with E-state index in [0.29, 0.717) is 47.6 Å². The number of amides is 1. The monoisotopic (exact) mass is 641 g/mol. The fourth-order valence-corrected chi connectivity index (χ4v) is 7.39. The van der Waals surface area contributed by atoms with Gasteiger partial charge in [0.25, 0.3) is 11.5 Å². The number of benzene rings is 3. The van der Waals surface area contributed by atoms with Crippen molar-refractivity contribution in [3.63, 3.8) is 0 Å². The molecule has 234 valence electrons. The van der Waals surface area contributed by atoms with Gasteiger partial charge >= 0.3 is 6.18 Å². The van der Waals surface area contributed by atoms with E-state index in [2.05, 4.69) is 28.6 Å². The first-order valence-electron chi connectivity index (χ1n) is 15.1. The number of aromatic nitrogens is 2. The molecular formula is C36H30F3N3O3S. The lowest BCUT2D eigenvalue weighted by Crippen LogP contribution is -2.36. The molecule has 1 amide bonds. The lowest BCUT2D eigenvalue weighted by atomic mass is 9.98. The molecule has 1 atom stereocenters. The molecule has 1 fully saturated rings. The van der Waals surface area contributed by atoms with E-state index in [-0.39, 0.29) is 23.1 Å². The van der Waals surface area contributed by atoms with Crippen LogP contribution in [0.4, 0.5) is 13.2 Å². The van der Waals surface area contributed by atoms with Crippen molar-refractivity contribution < 1.29 is 23.1 Å². The van der Waals surface area contributed by atoms with Gasteiger partial charge < -0.3 is 15.0 Å². The van der Waals surface area contributed by atoms with E-state index in [1.807, 2.05) is 18.2 Å². The Labute approximate surface area is 267 Å².